The fourth-order valence-corrected chi connectivity index (χ4v) is 3.72. The van der Waals surface area contributed by atoms with E-state index in [0.717, 1.165) is 19.3 Å². The van der Waals surface area contributed by atoms with Gasteiger partial charge in [0.05, 0.1) is 10.7 Å². The van der Waals surface area contributed by atoms with Crippen LogP contribution in [0.15, 0.2) is 42.5 Å². The van der Waals surface area contributed by atoms with Gasteiger partial charge >= 0.3 is 0 Å². The van der Waals surface area contributed by atoms with E-state index in [9.17, 15) is 4.79 Å². The summed E-state index contributed by atoms with van der Waals surface area (Å²) < 4.78 is 0. The van der Waals surface area contributed by atoms with Gasteiger partial charge in [0, 0.05) is 17.0 Å². The predicted molar refractivity (Wildman–Crippen MR) is 98.6 cm³/mol. The Morgan fingerprint density at radius 1 is 1.25 bits per heavy atom. The summed E-state index contributed by atoms with van der Waals surface area (Å²) in [4.78, 5) is 12.5. The van der Waals surface area contributed by atoms with Crippen molar-refractivity contribution < 1.29 is 10.1 Å². The standard InChI is InChI=1S/C19H20Cl2N2O/c1-12(19(24)23-18-10-9-14(20)11-16(18)21)22-17-8-4-6-13-5-2-3-7-15(13)17/h2-3,5,7,9-12,17,22H,4,6,8H2,1H3,(H,23,24)/p+1/t12-,17+/m0/s1. The smallest absolute Gasteiger partial charge is 0.282 e. The van der Waals surface area contributed by atoms with Crippen molar-refractivity contribution in [1.82, 2.24) is 0 Å². The van der Waals surface area contributed by atoms with Crippen LogP contribution < -0.4 is 10.6 Å². The molecule has 0 saturated heterocycles. The Bertz CT molecular complexity index is 748. The zero-order chi connectivity index (χ0) is 17.1. The first kappa shape index (κ1) is 17.3. The molecule has 0 spiro atoms. The zero-order valence-corrected chi connectivity index (χ0v) is 15.1. The van der Waals surface area contributed by atoms with Gasteiger partial charge in [0.1, 0.15) is 6.04 Å². The topological polar surface area (TPSA) is 45.7 Å². The van der Waals surface area contributed by atoms with Gasteiger partial charge in [0.15, 0.2) is 6.04 Å². The lowest BCUT2D eigenvalue weighted by atomic mass is 9.87. The zero-order valence-electron chi connectivity index (χ0n) is 13.6. The Morgan fingerprint density at radius 3 is 2.83 bits per heavy atom. The number of quaternary nitrogens is 1. The fraction of sp³-hybridized carbons (Fsp3) is 0.316. The van der Waals surface area contributed by atoms with Crippen molar-refractivity contribution >= 4 is 34.8 Å². The molecule has 2 atom stereocenters. The number of hydrogen-bond acceptors (Lipinski definition) is 1. The summed E-state index contributed by atoms with van der Waals surface area (Å²) in [6.45, 7) is 1.93. The van der Waals surface area contributed by atoms with Gasteiger partial charge in [0.25, 0.3) is 5.91 Å². The van der Waals surface area contributed by atoms with E-state index < -0.39 is 0 Å². The third kappa shape index (κ3) is 3.92. The van der Waals surface area contributed by atoms with E-state index in [0.29, 0.717) is 21.8 Å². The largest absolute Gasteiger partial charge is 0.330 e. The molecular weight excluding hydrogens is 343 g/mol. The highest BCUT2D eigenvalue weighted by molar-refractivity contribution is 6.36. The molecule has 0 saturated carbocycles. The number of rotatable bonds is 4. The van der Waals surface area contributed by atoms with Crippen LogP contribution in [0.2, 0.25) is 10.0 Å². The van der Waals surface area contributed by atoms with Crippen LogP contribution in [-0.2, 0) is 11.2 Å². The minimum Gasteiger partial charge on any atom is -0.330 e. The minimum absolute atomic E-state index is 0.0534. The lowest BCUT2D eigenvalue weighted by molar-refractivity contribution is -0.714. The first-order chi connectivity index (χ1) is 11.5. The molecule has 3 N–H and O–H groups in total. The number of carbonyl (C=O) groups is 1. The summed E-state index contributed by atoms with van der Waals surface area (Å²) in [5.41, 5.74) is 3.35. The SMILES string of the molecule is C[C@H]([NH2+][C@@H]1CCCc2ccccc21)C(=O)Nc1ccc(Cl)cc1Cl. The number of nitrogens with two attached hydrogens (primary N) is 1. The molecule has 5 heteroatoms. The Hall–Kier alpha value is -1.55. The van der Waals surface area contributed by atoms with E-state index in [1.54, 1.807) is 18.2 Å². The van der Waals surface area contributed by atoms with Gasteiger partial charge in [-0.25, -0.2) is 0 Å². The number of benzene rings is 2. The molecule has 1 aliphatic carbocycles. The molecule has 0 radical (unpaired) electrons. The predicted octanol–water partition coefficient (Wildman–Crippen LogP) is 3.96. The van der Waals surface area contributed by atoms with Crippen LogP contribution in [0.1, 0.15) is 36.9 Å². The van der Waals surface area contributed by atoms with Gasteiger partial charge in [-0.2, -0.15) is 0 Å². The van der Waals surface area contributed by atoms with Crippen LogP contribution in [0, 0.1) is 0 Å². The van der Waals surface area contributed by atoms with E-state index in [1.807, 2.05) is 6.92 Å². The molecule has 0 unspecified atom stereocenters. The maximum absolute atomic E-state index is 12.5. The summed E-state index contributed by atoms with van der Waals surface area (Å²) in [5, 5.41) is 6.04. The van der Waals surface area contributed by atoms with Gasteiger partial charge in [0.2, 0.25) is 0 Å². The van der Waals surface area contributed by atoms with Gasteiger partial charge in [-0.3, -0.25) is 4.79 Å². The van der Waals surface area contributed by atoms with Gasteiger partial charge < -0.3 is 10.6 Å². The van der Waals surface area contributed by atoms with Crippen LogP contribution in [0.5, 0.6) is 0 Å². The molecule has 1 aliphatic rings. The third-order valence-electron chi connectivity index (χ3n) is 4.54. The van der Waals surface area contributed by atoms with E-state index in [1.165, 1.54) is 11.1 Å². The van der Waals surface area contributed by atoms with Gasteiger partial charge in [-0.05, 0) is 43.5 Å². The summed E-state index contributed by atoms with van der Waals surface area (Å²) in [6, 6.07) is 13.7. The molecular formula is C19H21Cl2N2O+. The first-order valence-electron chi connectivity index (χ1n) is 8.23. The van der Waals surface area contributed by atoms with Crippen molar-refractivity contribution in [2.75, 3.05) is 5.32 Å². The molecule has 3 rings (SSSR count). The number of nitrogens with one attached hydrogen (secondary N) is 1. The normalized spacial score (nSPS) is 17.9. The van der Waals surface area contributed by atoms with Crippen LogP contribution in [0.25, 0.3) is 0 Å². The number of carbonyl (C=O) groups excluding carboxylic acids is 1. The van der Waals surface area contributed by atoms with Crippen molar-refractivity contribution in [1.29, 1.82) is 0 Å². The number of aryl methyl sites for hydroxylation is 1. The van der Waals surface area contributed by atoms with Crippen LogP contribution in [0.3, 0.4) is 0 Å². The second-order valence-corrected chi connectivity index (χ2v) is 7.14. The molecule has 1 amide bonds. The Labute approximate surface area is 152 Å². The van der Waals surface area contributed by atoms with Crippen molar-refractivity contribution in [3.63, 3.8) is 0 Å². The lowest BCUT2D eigenvalue weighted by Crippen LogP contribution is -2.92. The molecule has 0 aliphatic heterocycles. The number of halogens is 2. The van der Waals surface area contributed by atoms with Crippen LogP contribution >= 0.6 is 23.2 Å². The first-order valence-corrected chi connectivity index (χ1v) is 8.99. The molecule has 2 aromatic rings. The number of anilines is 1. The summed E-state index contributed by atoms with van der Waals surface area (Å²) in [6.07, 6.45) is 3.38. The molecule has 24 heavy (non-hydrogen) atoms. The lowest BCUT2D eigenvalue weighted by Gasteiger charge is -2.26. The summed E-state index contributed by atoms with van der Waals surface area (Å²) in [7, 11) is 0. The second kappa shape index (κ2) is 7.56. The van der Waals surface area contributed by atoms with Gasteiger partial charge in [-0.15, -0.1) is 0 Å². The number of amides is 1. The maximum Gasteiger partial charge on any atom is 0.282 e. The van der Waals surface area contributed by atoms with E-state index in [4.69, 9.17) is 23.2 Å². The molecule has 0 fully saturated rings. The van der Waals surface area contributed by atoms with Crippen molar-refractivity contribution in [3.8, 4) is 0 Å². The highest BCUT2D eigenvalue weighted by atomic mass is 35.5. The molecule has 0 heterocycles. The summed E-state index contributed by atoms with van der Waals surface area (Å²) >= 11 is 12.0. The molecule has 2 aromatic carbocycles. The maximum atomic E-state index is 12.5. The molecule has 126 valence electrons. The van der Waals surface area contributed by atoms with Gasteiger partial charge in [-0.1, -0.05) is 47.5 Å². The molecule has 0 aromatic heterocycles. The second-order valence-electron chi connectivity index (χ2n) is 6.29. The van der Waals surface area contributed by atoms with E-state index in [2.05, 4.69) is 34.9 Å². The van der Waals surface area contributed by atoms with Crippen molar-refractivity contribution in [2.45, 2.75) is 38.3 Å². The fourth-order valence-electron chi connectivity index (χ4n) is 3.26. The number of fused-ring (bicyclic) bond motifs is 1. The number of hydrogen-bond donors (Lipinski definition) is 2. The quantitative estimate of drug-likeness (QED) is 0.848. The third-order valence-corrected chi connectivity index (χ3v) is 5.09. The Balaban J connectivity index is 1.67. The minimum atomic E-state index is -0.201. The molecule has 3 nitrogen and oxygen atoms in total. The Morgan fingerprint density at radius 2 is 2.04 bits per heavy atom. The monoisotopic (exact) mass is 363 g/mol. The summed E-state index contributed by atoms with van der Waals surface area (Å²) in [5.74, 6) is -0.0534. The van der Waals surface area contributed by atoms with E-state index >= 15 is 0 Å². The van der Waals surface area contributed by atoms with Crippen molar-refractivity contribution in [3.05, 3.63) is 63.6 Å². The highest BCUT2D eigenvalue weighted by Crippen LogP contribution is 2.27. The molecule has 0 bridgehead atoms. The van der Waals surface area contributed by atoms with Crippen LogP contribution in [0.4, 0.5) is 5.69 Å². The highest BCUT2D eigenvalue weighted by Gasteiger charge is 2.27. The van der Waals surface area contributed by atoms with E-state index in [-0.39, 0.29) is 11.9 Å². The Kier molecular flexibility index (Phi) is 5.44. The average molecular weight is 364 g/mol. The van der Waals surface area contributed by atoms with Crippen LogP contribution in [-0.4, -0.2) is 11.9 Å². The van der Waals surface area contributed by atoms with Crippen molar-refractivity contribution in [2.24, 2.45) is 0 Å². The average Bonchev–Trinajstić information content (AvgIpc) is 2.57.